The van der Waals surface area contributed by atoms with Gasteiger partial charge in [0.25, 0.3) is 0 Å². The van der Waals surface area contributed by atoms with E-state index >= 15 is 0 Å². The summed E-state index contributed by atoms with van der Waals surface area (Å²) in [6.07, 6.45) is 4.29. The van der Waals surface area contributed by atoms with Crippen LogP contribution < -0.4 is 0 Å². The molecule has 3 heteroatoms. The van der Waals surface area contributed by atoms with Gasteiger partial charge in [0.1, 0.15) is 0 Å². The molecule has 1 nitrogen and oxygen atoms in total. The van der Waals surface area contributed by atoms with Crippen LogP contribution in [0.25, 0.3) is 0 Å². The first-order valence-corrected chi connectivity index (χ1v) is 6.96. The third kappa shape index (κ3) is 3.15. The minimum absolute atomic E-state index is 0.357. The zero-order valence-corrected chi connectivity index (χ0v) is 11.5. The van der Waals surface area contributed by atoms with Crippen LogP contribution in [0.5, 0.6) is 0 Å². The standard InChI is InChI=1S/C14H18Cl2O/c1-9-3-2-4-10(7-9)14(17)11-5-6-12(15)13(16)8-11/h5-6,8-10,14,17H,2-4,7H2,1H3. The van der Waals surface area contributed by atoms with Crippen LogP contribution in [0, 0.1) is 11.8 Å². The molecule has 3 unspecified atom stereocenters. The third-order valence-electron chi connectivity index (χ3n) is 3.71. The highest BCUT2D eigenvalue weighted by atomic mass is 35.5. The molecule has 1 fully saturated rings. The zero-order valence-electron chi connectivity index (χ0n) is 10.00. The van der Waals surface area contributed by atoms with Crippen molar-refractivity contribution >= 4 is 23.2 Å². The normalized spacial score (nSPS) is 26.8. The molecule has 0 saturated heterocycles. The highest BCUT2D eigenvalue weighted by Crippen LogP contribution is 2.38. The molecule has 1 aliphatic rings. The van der Waals surface area contributed by atoms with Crippen LogP contribution in [0.15, 0.2) is 18.2 Å². The van der Waals surface area contributed by atoms with E-state index in [0.717, 1.165) is 18.4 Å². The number of hydrogen-bond acceptors (Lipinski definition) is 1. The number of benzene rings is 1. The molecular formula is C14H18Cl2O. The predicted octanol–water partition coefficient (Wildman–Crippen LogP) is 4.85. The minimum Gasteiger partial charge on any atom is -0.388 e. The molecule has 3 atom stereocenters. The maximum absolute atomic E-state index is 10.4. The Bertz CT molecular complexity index is 392. The van der Waals surface area contributed by atoms with Gasteiger partial charge in [0.2, 0.25) is 0 Å². The van der Waals surface area contributed by atoms with E-state index < -0.39 is 6.10 Å². The Morgan fingerprint density at radius 1 is 1.24 bits per heavy atom. The summed E-state index contributed by atoms with van der Waals surface area (Å²) in [5.74, 6) is 1.07. The van der Waals surface area contributed by atoms with Crippen LogP contribution in [0.4, 0.5) is 0 Å². The van der Waals surface area contributed by atoms with E-state index in [1.54, 1.807) is 12.1 Å². The lowest BCUT2D eigenvalue weighted by atomic mass is 9.78. The van der Waals surface area contributed by atoms with Gasteiger partial charge >= 0.3 is 0 Å². The van der Waals surface area contributed by atoms with Crippen molar-refractivity contribution in [3.05, 3.63) is 33.8 Å². The monoisotopic (exact) mass is 272 g/mol. The Hall–Kier alpha value is -0.240. The molecule has 1 aromatic rings. The van der Waals surface area contributed by atoms with Gasteiger partial charge in [-0.3, -0.25) is 0 Å². The van der Waals surface area contributed by atoms with Crippen LogP contribution in [0.3, 0.4) is 0 Å². The maximum atomic E-state index is 10.4. The van der Waals surface area contributed by atoms with Crippen molar-refractivity contribution in [1.29, 1.82) is 0 Å². The van der Waals surface area contributed by atoms with E-state index in [1.165, 1.54) is 12.8 Å². The summed E-state index contributed by atoms with van der Waals surface area (Å²) < 4.78 is 0. The third-order valence-corrected chi connectivity index (χ3v) is 4.45. The molecule has 1 aliphatic carbocycles. The number of aliphatic hydroxyl groups is 1. The average molecular weight is 273 g/mol. The van der Waals surface area contributed by atoms with Gasteiger partial charge in [-0.2, -0.15) is 0 Å². The fourth-order valence-electron chi connectivity index (χ4n) is 2.74. The predicted molar refractivity (Wildman–Crippen MR) is 72.5 cm³/mol. The van der Waals surface area contributed by atoms with Crippen molar-refractivity contribution in [2.24, 2.45) is 11.8 Å². The summed E-state index contributed by atoms with van der Waals surface area (Å²) in [6, 6.07) is 5.42. The summed E-state index contributed by atoms with van der Waals surface area (Å²) in [5, 5.41) is 11.4. The molecule has 0 aromatic heterocycles. The molecule has 1 N–H and O–H groups in total. The second-order valence-electron chi connectivity index (χ2n) is 5.15. The van der Waals surface area contributed by atoms with E-state index in [2.05, 4.69) is 6.92 Å². The molecule has 1 saturated carbocycles. The second-order valence-corrected chi connectivity index (χ2v) is 5.96. The summed E-state index contributed by atoms with van der Waals surface area (Å²) in [5.41, 5.74) is 0.888. The molecule has 0 spiro atoms. The smallest absolute Gasteiger partial charge is 0.0818 e. The lowest BCUT2D eigenvalue weighted by molar-refractivity contribution is 0.0714. The number of hydrogen-bond donors (Lipinski definition) is 1. The van der Waals surface area contributed by atoms with Crippen molar-refractivity contribution in [3.8, 4) is 0 Å². The summed E-state index contributed by atoms with van der Waals surface area (Å²) in [7, 11) is 0. The average Bonchev–Trinajstić information content (AvgIpc) is 2.32. The number of aliphatic hydroxyl groups excluding tert-OH is 1. The van der Waals surface area contributed by atoms with E-state index in [-0.39, 0.29) is 0 Å². The van der Waals surface area contributed by atoms with Gasteiger partial charge in [0.15, 0.2) is 0 Å². The summed E-state index contributed by atoms with van der Waals surface area (Å²) in [4.78, 5) is 0. The largest absolute Gasteiger partial charge is 0.388 e. The Balaban J connectivity index is 2.12. The molecule has 2 rings (SSSR count). The molecule has 0 aliphatic heterocycles. The van der Waals surface area contributed by atoms with Gasteiger partial charge in [-0.25, -0.2) is 0 Å². The fourth-order valence-corrected chi connectivity index (χ4v) is 3.04. The lowest BCUT2D eigenvalue weighted by Gasteiger charge is -2.30. The molecule has 94 valence electrons. The SMILES string of the molecule is CC1CCCC(C(O)c2ccc(Cl)c(Cl)c2)C1. The molecule has 0 bridgehead atoms. The van der Waals surface area contributed by atoms with E-state index in [1.807, 2.05) is 6.07 Å². The Kier molecular flexibility index (Phi) is 4.35. The van der Waals surface area contributed by atoms with Crippen LogP contribution >= 0.6 is 23.2 Å². The van der Waals surface area contributed by atoms with Gasteiger partial charge in [0, 0.05) is 0 Å². The second kappa shape index (κ2) is 5.60. The first-order chi connectivity index (χ1) is 8.08. The van der Waals surface area contributed by atoms with Crippen LogP contribution in [-0.4, -0.2) is 5.11 Å². The van der Waals surface area contributed by atoms with Gasteiger partial charge in [0.05, 0.1) is 16.1 Å². The number of rotatable bonds is 2. The Labute approximate surface area is 113 Å². The minimum atomic E-state index is -0.410. The highest BCUT2D eigenvalue weighted by molar-refractivity contribution is 6.42. The number of halogens is 2. The van der Waals surface area contributed by atoms with Gasteiger partial charge < -0.3 is 5.11 Å². The van der Waals surface area contributed by atoms with E-state index in [0.29, 0.717) is 21.9 Å². The molecule has 0 radical (unpaired) electrons. The van der Waals surface area contributed by atoms with E-state index in [4.69, 9.17) is 23.2 Å². The van der Waals surface area contributed by atoms with Crippen molar-refractivity contribution in [2.75, 3.05) is 0 Å². The van der Waals surface area contributed by atoms with Crippen molar-refractivity contribution < 1.29 is 5.11 Å². The van der Waals surface area contributed by atoms with Crippen LogP contribution in [0.1, 0.15) is 44.3 Å². The van der Waals surface area contributed by atoms with Crippen LogP contribution in [-0.2, 0) is 0 Å². The first-order valence-electron chi connectivity index (χ1n) is 6.21. The van der Waals surface area contributed by atoms with Crippen molar-refractivity contribution in [1.82, 2.24) is 0 Å². The Morgan fingerprint density at radius 2 is 2.00 bits per heavy atom. The summed E-state index contributed by atoms with van der Waals surface area (Å²) in [6.45, 7) is 2.26. The molecule has 1 aromatic carbocycles. The zero-order chi connectivity index (χ0) is 12.4. The van der Waals surface area contributed by atoms with Gasteiger partial charge in [-0.1, -0.05) is 49.0 Å². The fraction of sp³-hybridized carbons (Fsp3) is 0.571. The van der Waals surface area contributed by atoms with E-state index in [9.17, 15) is 5.11 Å². The first kappa shape index (κ1) is 13.2. The molecular weight excluding hydrogens is 255 g/mol. The highest BCUT2D eigenvalue weighted by Gasteiger charge is 2.26. The van der Waals surface area contributed by atoms with Crippen molar-refractivity contribution in [3.63, 3.8) is 0 Å². The Morgan fingerprint density at radius 3 is 2.65 bits per heavy atom. The van der Waals surface area contributed by atoms with Crippen LogP contribution in [0.2, 0.25) is 10.0 Å². The molecule has 17 heavy (non-hydrogen) atoms. The topological polar surface area (TPSA) is 20.2 Å². The van der Waals surface area contributed by atoms with Gasteiger partial charge in [-0.05, 0) is 42.4 Å². The lowest BCUT2D eigenvalue weighted by Crippen LogP contribution is -2.20. The summed E-state index contributed by atoms with van der Waals surface area (Å²) >= 11 is 11.9. The maximum Gasteiger partial charge on any atom is 0.0818 e. The van der Waals surface area contributed by atoms with Gasteiger partial charge in [-0.15, -0.1) is 0 Å². The quantitative estimate of drug-likeness (QED) is 0.816. The molecule has 0 amide bonds. The van der Waals surface area contributed by atoms with Crippen molar-refractivity contribution in [2.45, 2.75) is 38.7 Å². The molecule has 0 heterocycles.